The van der Waals surface area contributed by atoms with E-state index in [1.807, 2.05) is 6.07 Å². The average Bonchev–Trinajstić information content (AvgIpc) is 3.16. The molecule has 0 bridgehead atoms. The first-order valence-corrected chi connectivity index (χ1v) is 7.43. The van der Waals surface area contributed by atoms with Crippen molar-refractivity contribution >= 4 is 22.9 Å². The minimum Gasteiger partial charge on any atom is -0.460 e. The molecule has 0 aliphatic heterocycles. The van der Waals surface area contributed by atoms with Crippen LogP contribution in [0.15, 0.2) is 41.1 Å². The minimum absolute atomic E-state index is 0.0528. The van der Waals surface area contributed by atoms with Gasteiger partial charge >= 0.3 is 11.9 Å². The quantitative estimate of drug-likeness (QED) is 0.670. The Morgan fingerprint density at radius 2 is 2.00 bits per heavy atom. The van der Waals surface area contributed by atoms with Crippen LogP contribution >= 0.6 is 0 Å². The van der Waals surface area contributed by atoms with E-state index >= 15 is 0 Å². The molecule has 0 unspecified atom stereocenters. The molecule has 0 spiro atoms. The van der Waals surface area contributed by atoms with Crippen molar-refractivity contribution in [1.29, 1.82) is 0 Å². The largest absolute Gasteiger partial charge is 0.460 e. The molecule has 0 aliphatic rings. The van der Waals surface area contributed by atoms with Gasteiger partial charge in [-0.25, -0.2) is 9.59 Å². The van der Waals surface area contributed by atoms with Crippen molar-refractivity contribution in [2.24, 2.45) is 7.05 Å². The first-order valence-electron chi connectivity index (χ1n) is 7.43. The molecule has 2 heterocycles. The molecular weight excluding hydrogens is 312 g/mol. The number of benzene rings is 1. The van der Waals surface area contributed by atoms with Crippen LogP contribution in [0.5, 0.6) is 0 Å². The Kier molecular flexibility index (Phi) is 4.33. The lowest BCUT2D eigenvalue weighted by Gasteiger charge is -2.04. The Hall–Kier alpha value is -3.09. The molecule has 7 heteroatoms. The monoisotopic (exact) mass is 328 g/mol. The van der Waals surface area contributed by atoms with E-state index < -0.39 is 11.9 Å². The van der Waals surface area contributed by atoms with Crippen molar-refractivity contribution in [3.8, 4) is 0 Å². The lowest BCUT2D eigenvalue weighted by atomic mass is 10.1. The third-order valence-electron chi connectivity index (χ3n) is 3.45. The van der Waals surface area contributed by atoms with Gasteiger partial charge in [0.15, 0.2) is 0 Å². The number of nitrogens with zero attached hydrogens (tertiary/aromatic N) is 2. The van der Waals surface area contributed by atoms with Crippen molar-refractivity contribution < 1.29 is 23.5 Å². The Labute approximate surface area is 137 Å². The van der Waals surface area contributed by atoms with Crippen LogP contribution in [0.2, 0.25) is 0 Å². The number of rotatable bonds is 5. The molecule has 3 aromatic rings. The van der Waals surface area contributed by atoms with Crippen LogP contribution in [-0.4, -0.2) is 28.3 Å². The zero-order valence-corrected chi connectivity index (χ0v) is 13.3. The second kappa shape index (κ2) is 6.57. The van der Waals surface area contributed by atoms with Crippen LogP contribution < -0.4 is 0 Å². The first kappa shape index (κ1) is 15.8. The summed E-state index contributed by atoms with van der Waals surface area (Å²) in [5.41, 5.74) is 1.36. The van der Waals surface area contributed by atoms with E-state index in [2.05, 4.69) is 5.10 Å². The number of fused-ring (bicyclic) bond motifs is 1. The van der Waals surface area contributed by atoms with Crippen LogP contribution in [-0.2, 0) is 23.1 Å². The van der Waals surface area contributed by atoms with E-state index in [1.165, 1.54) is 10.9 Å². The molecule has 0 fully saturated rings. The molecule has 0 aliphatic carbocycles. The van der Waals surface area contributed by atoms with Crippen LogP contribution in [0.4, 0.5) is 0 Å². The van der Waals surface area contributed by atoms with Crippen molar-refractivity contribution in [2.75, 3.05) is 6.61 Å². The third kappa shape index (κ3) is 3.01. The van der Waals surface area contributed by atoms with Crippen LogP contribution in [0, 0.1) is 0 Å². The van der Waals surface area contributed by atoms with E-state index in [0.29, 0.717) is 22.1 Å². The van der Waals surface area contributed by atoms with Crippen LogP contribution in [0.3, 0.4) is 0 Å². The molecule has 1 aromatic carbocycles. The van der Waals surface area contributed by atoms with Crippen LogP contribution in [0.25, 0.3) is 11.0 Å². The van der Waals surface area contributed by atoms with Crippen molar-refractivity contribution in [1.82, 2.24) is 9.78 Å². The number of ether oxygens (including phenoxy) is 2. The van der Waals surface area contributed by atoms with Crippen molar-refractivity contribution in [2.45, 2.75) is 13.5 Å². The molecule has 0 saturated carbocycles. The normalized spacial score (nSPS) is 10.8. The maximum Gasteiger partial charge on any atom is 0.374 e. The Balaban J connectivity index is 1.88. The van der Waals surface area contributed by atoms with Gasteiger partial charge in [-0.3, -0.25) is 4.68 Å². The van der Waals surface area contributed by atoms with Gasteiger partial charge in [0.25, 0.3) is 0 Å². The predicted octanol–water partition coefficient (Wildman–Crippen LogP) is 2.70. The van der Waals surface area contributed by atoms with Crippen molar-refractivity contribution in [3.63, 3.8) is 0 Å². The van der Waals surface area contributed by atoms with Gasteiger partial charge in [-0.1, -0.05) is 18.2 Å². The first-order chi connectivity index (χ1) is 11.6. The van der Waals surface area contributed by atoms with Crippen molar-refractivity contribution in [3.05, 3.63) is 53.5 Å². The molecule has 0 atom stereocenters. The van der Waals surface area contributed by atoms with Crippen LogP contribution in [0.1, 0.15) is 33.4 Å². The third-order valence-corrected chi connectivity index (χ3v) is 3.45. The molecule has 2 aromatic heterocycles. The maximum atomic E-state index is 12.1. The van der Waals surface area contributed by atoms with Gasteiger partial charge in [0.1, 0.15) is 12.2 Å². The van der Waals surface area contributed by atoms with E-state index in [4.69, 9.17) is 13.9 Å². The number of hydrogen-bond acceptors (Lipinski definition) is 6. The highest BCUT2D eigenvalue weighted by atomic mass is 16.5. The Morgan fingerprint density at radius 3 is 2.71 bits per heavy atom. The number of hydrogen-bond donors (Lipinski definition) is 0. The molecule has 24 heavy (non-hydrogen) atoms. The minimum atomic E-state index is -0.582. The topological polar surface area (TPSA) is 83.6 Å². The number of esters is 2. The Morgan fingerprint density at radius 1 is 1.21 bits per heavy atom. The van der Waals surface area contributed by atoms with Gasteiger partial charge in [0.2, 0.25) is 5.76 Å². The highest BCUT2D eigenvalue weighted by Gasteiger charge is 2.23. The lowest BCUT2D eigenvalue weighted by Crippen LogP contribution is -2.09. The number of carbonyl (C=O) groups is 2. The SMILES string of the molecule is CCOC(=O)c1oc2ccccc2c1COC(=O)c1cnn(C)c1. The summed E-state index contributed by atoms with van der Waals surface area (Å²) in [5.74, 6) is -1.05. The fourth-order valence-corrected chi connectivity index (χ4v) is 2.35. The molecule has 7 nitrogen and oxygen atoms in total. The number of para-hydroxylation sites is 1. The molecule has 0 radical (unpaired) electrons. The molecule has 124 valence electrons. The molecule has 3 rings (SSSR count). The molecule has 0 amide bonds. The predicted molar refractivity (Wildman–Crippen MR) is 84.5 cm³/mol. The maximum absolute atomic E-state index is 12.1. The average molecular weight is 328 g/mol. The second-order valence-corrected chi connectivity index (χ2v) is 5.11. The summed E-state index contributed by atoms with van der Waals surface area (Å²) < 4.78 is 17.4. The van der Waals surface area contributed by atoms with Gasteiger partial charge in [0.05, 0.1) is 23.9 Å². The fourth-order valence-electron chi connectivity index (χ4n) is 2.35. The summed E-state index contributed by atoms with van der Waals surface area (Å²) in [6, 6.07) is 7.16. The lowest BCUT2D eigenvalue weighted by molar-refractivity contribution is 0.0435. The van der Waals surface area contributed by atoms with Gasteiger partial charge in [-0.05, 0) is 13.0 Å². The highest BCUT2D eigenvalue weighted by molar-refractivity contribution is 5.96. The van der Waals surface area contributed by atoms with Gasteiger partial charge in [0, 0.05) is 18.6 Å². The number of aromatic nitrogens is 2. The number of aryl methyl sites for hydroxylation is 1. The summed E-state index contributed by atoms with van der Waals surface area (Å²) in [5, 5.41) is 4.63. The van der Waals surface area contributed by atoms with E-state index in [0.717, 1.165) is 0 Å². The summed E-state index contributed by atoms with van der Waals surface area (Å²) in [4.78, 5) is 24.2. The molecule has 0 N–H and O–H groups in total. The van der Waals surface area contributed by atoms with Gasteiger partial charge in [-0.15, -0.1) is 0 Å². The van der Waals surface area contributed by atoms with E-state index in [9.17, 15) is 9.59 Å². The summed E-state index contributed by atoms with van der Waals surface area (Å²) in [6.45, 7) is 1.84. The van der Waals surface area contributed by atoms with Gasteiger partial charge in [-0.2, -0.15) is 5.10 Å². The number of furan rings is 1. The number of carbonyl (C=O) groups excluding carboxylic acids is 2. The van der Waals surface area contributed by atoms with E-state index in [1.54, 1.807) is 38.4 Å². The summed E-state index contributed by atoms with van der Waals surface area (Å²) in [6.07, 6.45) is 2.98. The highest BCUT2D eigenvalue weighted by Crippen LogP contribution is 2.27. The zero-order valence-electron chi connectivity index (χ0n) is 13.3. The summed E-state index contributed by atoms with van der Waals surface area (Å²) in [7, 11) is 1.71. The Bertz CT molecular complexity index is 893. The smallest absolute Gasteiger partial charge is 0.374 e. The molecular formula is C17H16N2O5. The van der Waals surface area contributed by atoms with E-state index in [-0.39, 0.29) is 19.0 Å². The second-order valence-electron chi connectivity index (χ2n) is 5.11. The molecule has 0 saturated heterocycles. The fraction of sp³-hybridized carbons (Fsp3) is 0.235. The van der Waals surface area contributed by atoms with Gasteiger partial charge < -0.3 is 13.9 Å². The standard InChI is InChI=1S/C17H16N2O5/c1-3-22-17(21)15-13(12-6-4-5-7-14(12)24-15)10-23-16(20)11-8-18-19(2)9-11/h4-9H,3,10H2,1-2H3. The summed E-state index contributed by atoms with van der Waals surface area (Å²) >= 11 is 0. The zero-order chi connectivity index (χ0) is 17.1.